The van der Waals surface area contributed by atoms with Gasteiger partial charge in [0.1, 0.15) is 0 Å². The Hall–Kier alpha value is -1.26. The summed E-state index contributed by atoms with van der Waals surface area (Å²) in [5.74, 6) is 1.02. The third-order valence-electron chi connectivity index (χ3n) is 5.48. The van der Waals surface area contributed by atoms with Gasteiger partial charge in [-0.25, -0.2) is 0 Å². The normalized spacial score (nSPS) is 24.3. The number of likely N-dealkylation sites (tertiary alicyclic amines) is 1. The summed E-state index contributed by atoms with van der Waals surface area (Å²) in [5, 5.41) is 4.29. The van der Waals surface area contributed by atoms with E-state index in [-0.39, 0.29) is 5.41 Å². The van der Waals surface area contributed by atoms with E-state index in [1.54, 1.807) is 0 Å². The molecule has 1 aromatic carbocycles. The lowest BCUT2D eigenvalue weighted by Crippen LogP contribution is -2.42. The van der Waals surface area contributed by atoms with Crippen molar-refractivity contribution >= 4 is 17.6 Å². The Morgan fingerprint density at radius 3 is 2.84 bits per heavy atom. The summed E-state index contributed by atoms with van der Waals surface area (Å²) in [6.07, 6.45) is 2.37. The van der Waals surface area contributed by atoms with Gasteiger partial charge in [0.2, 0.25) is 0 Å². The quantitative estimate of drug-likeness (QED) is 0.654. The molecule has 5 heteroatoms. The number of aliphatic imine (C=N–C) groups is 1. The van der Waals surface area contributed by atoms with E-state index >= 15 is 0 Å². The number of nitrogens with zero attached hydrogens (tertiary/aromatic N) is 2. The average Bonchev–Trinajstić information content (AvgIpc) is 3.22. The van der Waals surface area contributed by atoms with Gasteiger partial charge in [-0.3, -0.25) is 4.99 Å². The largest absolute Gasteiger partial charge is 0.381 e. The summed E-state index contributed by atoms with van der Waals surface area (Å²) >= 11 is 6.41. The maximum absolute atomic E-state index is 6.41. The average molecular weight is 364 g/mol. The Labute approximate surface area is 156 Å². The molecule has 0 amide bonds. The van der Waals surface area contributed by atoms with Crippen molar-refractivity contribution in [3.63, 3.8) is 0 Å². The Morgan fingerprint density at radius 2 is 2.16 bits per heavy atom. The lowest BCUT2D eigenvalue weighted by molar-refractivity contribution is 0.156. The van der Waals surface area contributed by atoms with Crippen molar-refractivity contribution in [1.29, 1.82) is 0 Å². The number of benzene rings is 1. The first-order valence-electron chi connectivity index (χ1n) is 9.32. The minimum absolute atomic E-state index is 0.104. The van der Waals surface area contributed by atoms with Crippen molar-refractivity contribution in [2.24, 2.45) is 10.4 Å². The molecule has 2 heterocycles. The molecule has 0 radical (unpaired) electrons. The van der Waals surface area contributed by atoms with E-state index in [4.69, 9.17) is 21.3 Å². The van der Waals surface area contributed by atoms with E-state index in [1.165, 1.54) is 12.8 Å². The molecule has 2 saturated heterocycles. The molecule has 0 bridgehead atoms. The smallest absolute Gasteiger partial charge is 0.193 e. The second-order valence-corrected chi connectivity index (χ2v) is 8.42. The third-order valence-corrected chi connectivity index (χ3v) is 5.81. The zero-order chi connectivity index (χ0) is 17.9. The zero-order valence-corrected chi connectivity index (χ0v) is 16.4. The summed E-state index contributed by atoms with van der Waals surface area (Å²) in [4.78, 5) is 7.37. The molecule has 1 spiro atoms. The van der Waals surface area contributed by atoms with Crippen LogP contribution in [0.15, 0.2) is 29.3 Å². The molecule has 0 aromatic heterocycles. The van der Waals surface area contributed by atoms with E-state index in [9.17, 15) is 0 Å². The van der Waals surface area contributed by atoms with Crippen LogP contribution in [0.5, 0.6) is 0 Å². The molecule has 2 aliphatic rings. The number of ether oxygens (including phenoxy) is 1. The molecule has 2 fully saturated rings. The van der Waals surface area contributed by atoms with Gasteiger partial charge in [0.05, 0.1) is 13.2 Å². The molecule has 4 nitrogen and oxygen atoms in total. The van der Waals surface area contributed by atoms with E-state index < -0.39 is 0 Å². The highest BCUT2D eigenvalue weighted by Gasteiger charge is 2.42. The Bertz CT molecular complexity index is 623. The van der Waals surface area contributed by atoms with Gasteiger partial charge in [0, 0.05) is 42.1 Å². The summed E-state index contributed by atoms with van der Waals surface area (Å²) in [6, 6.07) is 8.08. The van der Waals surface area contributed by atoms with Gasteiger partial charge < -0.3 is 15.0 Å². The van der Waals surface area contributed by atoms with Crippen LogP contribution in [0.25, 0.3) is 0 Å². The number of guanidine groups is 1. The van der Waals surface area contributed by atoms with Crippen LogP contribution in [0.1, 0.15) is 39.2 Å². The molecule has 1 N–H and O–H groups in total. The molecular weight excluding hydrogens is 334 g/mol. The van der Waals surface area contributed by atoms with Crippen LogP contribution in [0.3, 0.4) is 0 Å². The number of hydrogen-bond acceptors (Lipinski definition) is 2. The van der Waals surface area contributed by atoms with Gasteiger partial charge in [-0.05, 0) is 31.4 Å². The molecule has 2 aliphatic heterocycles. The Balaban J connectivity index is 1.73. The molecule has 1 atom stereocenters. The van der Waals surface area contributed by atoms with E-state index in [1.807, 2.05) is 18.2 Å². The van der Waals surface area contributed by atoms with E-state index in [0.29, 0.717) is 12.0 Å². The number of rotatable bonds is 4. The highest BCUT2D eigenvalue weighted by Crippen LogP contribution is 2.38. The van der Waals surface area contributed by atoms with Gasteiger partial charge >= 0.3 is 0 Å². The Morgan fingerprint density at radius 1 is 1.36 bits per heavy atom. The van der Waals surface area contributed by atoms with Crippen LogP contribution in [0.4, 0.5) is 0 Å². The zero-order valence-electron chi connectivity index (χ0n) is 15.6. The first-order chi connectivity index (χ1) is 12.0. The van der Waals surface area contributed by atoms with Crippen LogP contribution < -0.4 is 5.32 Å². The van der Waals surface area contributed by atoms with Crippen LogP contribution in [-0.2, 0) is 10.2 Å². The first kappa shape index (κ1) is 18.5. The highest BCUT2D eigenvalue weighted by atomic mass is 35.5. The van der Waals surface area contributed by atoms with Crippen molar-refractivity contribution in [2.75, 3.05) is 39.4 Å². The van der Waals surface area contributed by atoms with Crippen molar-refractivity contribution in [3.8, 4) is 0 Å². The maximum Gasteiger partial charge on any atom is 0.193 e. The molecule has 1 aromatic rings. The molecule has 0 saturated carbocycles. The third kappa shape index (κ3) is 4.12. The monoisotopic (exact) mass is 363 g/mol. The molecule has 0 aliphatic carbocycles. The van der Waals surface area contributed by atoms with Crippen LogP contribution in [0.2, 0.25) is 5.02 Å². The fraction of sp³-hybridized carbons (Fsp3) is 0.650. The van der Waals surface area contributed by atoms with Gasteiger partial charge in [0.15, 0.2) is 5.96 Å². The predicted molar refractivity (Wildman–Crippen MR) is 105 cm³/mol. The highest BCUT2D eigenvalue weighted by molar-refractivity contribution is 6.31. The lowest BCUT2D eigenvalue weighted by atomic mass is 9.85. The summed E-state index contributed by atoms with van der Waals surface area (Å²) in [5.41, 5.74) is 1.39. The minimum Gasteiger partial charge on any atom is -0.381 e. The molecule has 25 heavy (non-hydrogen) atoms. The van der Waals surface area contributed by atoms with Crippen molar-refractivity contribution < 1.29 is 4.74 Å². The van der Waals surface area contributed by atoms with Crippen molar-refractivity contribution in [2.45, 2.75) is 39.0 Å². The molecular formula is C20H30ClN3O. The van der Waals surface area contributed by atoms with Crippen molar-refractivity contribution in [1.82, 2.24) is 10.2 Å². The SMILES string of the molecule is CCNC(=NCC(C)(C)c1ccccc1Cl)N1CCC2(CCOC2)C1. The second kappa shape index (κ2) is 7.55. The fourth-order valence-corrected chi connectivity index (χ4v) is 4.27. The predicted octanol–water partition coefficient (Wildman–Crippen LogP) is 3.70. The Kier molecular flexibility index (Phi) is 5.59. The number of nitrogens with one attached hydrogen (secondary N) is 1. The lowest BCUT2D eigenvalue weighted by Gasteiger charge is -2.28. The molecule has 138 valence electrons. The van der Waals surface area contributed by atoms with Crippen LogP contribution in [0, 0.1) is 5.41 Å². The second-order valence-electron chi connectivity index (χ2n) is 8.01. The van der Waals surface area contributed by atoms with E-state index in [2.05, 4.69) is 37.1 Å². The minimum atomic E-state index is -0.104. The standard InChI is InChI=1S/C20H30ClN3O/c1-4-22-18(24-11-9-20(14-24)10-12-25-15-20)23-13-19(2,3)16-7-5-6-8-17(16)21/h5-8H,4,9-15H2,1-3H3,(H,22,23). The fourth-order valence-electron chi connectivity index (χ4n) is 3.88. The number of halogens is 1. The van der Waals surface area contributed by atoms with Crippen LogP contribution >= 0.6 is 11.6 Å². The summed E-state index contributed by atoms with van der Waals surface area (Å²) in [7, 11) is 0. The van der Waals surface area contributed by atoms with Gasteiger partial charge in [-0.15, -0.1) is 0 Å². The topological polar surface area (TPSA) is 36.9 Å². The van der Waals surface area contributed by atoms with Gasteiger partial charge in [-0.1, -0.05) is 43.6 Å². The molecule has 3 rings (SSSR count). The summed E-state index contributed by atoms with van der Waals surface area (Å²) < 4.78 is 5.65. The van der Waals surface area contributed by atoms with Gasteiger partial charge in [0.25, 0.3) is 0 Å². The van der Waals surface area contributed by atoms with E-state index in [0.717, 1.165) is 49.4 Å². The molecule has 1 unspecified atom stereocenters. The number of hydrogen-bond donors (Lipinski definition) is 1. The maximum atomic E-state index is 6.41. The summed E-state index contributed by atoms with van der Waals surface area (Å²) in [6.45, 7) is 12.0. The first-order valence-corrected chi connectivity index (χ1v) is 9.70. The van der Waals surface area contributed by atoms with Gasteiger partial charge in [-0.2, -0.15) is 0 Å². The van der Waals surface area contributed by atoms with Crippen LogP contribution in [-0.4, -0.2) is 50.3 Å². The van der Waals surface area contributed by atoms with Crippen molar-refractivity contribution in [3.05, 3.63) is 34.9 Å².